The average Bonchev–Trinajstić information content (AvgIpc) is 2.44. The SMILES string of the molecule is COC1O[C@H](CO[Si](C)(C)C)[C@H](O[Si](C)(C)C)[C@H](O[Si](C)(C)C)C1O[Si](C)(C)C. The van der Waals surface area contributed by atoms with Gasteiger partial charge < -0.3 is 27.2 Å². The molecule has 0 aliphatic carbocycles. The first-order valence-corrected chi connectivity index (χ1v) is 24.3. The normalized spacial score (nSPS) is 29.9. The highest BCUT2D eigenvalue weighted by Crippen LogP contribution is 2.34. The molecular formula is C19H46O6Si4. The van der Waals surface area contributed by atoms with Crippen molar-refractivity contribution in [3.8, 4) is 0 Å². The molecule has 174 valence electrons. The molecule has 6 nitrogen and oxygen atoms in total. The molecule has 5 atom stereocenters. The van der Waals surface area contributed by atoms with E-state index < -0.39 is 39.6 Å². The van der Waals surface area contributed by atoms with Crippen LogP contribution < -0.4 is 0 Å². The zero-order valence-corrected chi connectivity index (χ0v) is 25.0. The zero-order chi connectivity index (χ0) is 22.8. The lowest BCUT2D eigenvalue weighted by Gasteiger charge is -2.50. The molecule has 1 saturated heterocycles. The number of methoxy groups -OCH3 is 1. The molecule has 1 fully saturated rings. The van der Waals surface area contributed by atoms with E-state index in [1.807, 2.05) is 0 Å². The van der Waals surface area contributed by atoms with Crippen LogP contribution in [-0.2, 0) is 27.2 Å². The summed E-state index contributed by atoms with van der Waals surface area (Å²) < 4.78 is 38.4. The van der Waals surface area contributed by atoms with E-state index in [9.17, 15) is 0 Å². The third kappa shape index (κ3) is 10.7. The maximum absolute atomic E-state index is 6.72. The average molecular weight is 483 g/mol. The number of hydrogen-bond donors (Lipinski definition) is 0. The second-order valence-corrected chi connectivity index (χ2v) is 29.7. The maximum atomic E-state index is 6.72. The van der Waals surface area contributed by atoms with Gasteiger partial charge in [-0.3, -0.25) is 0 Å². The van der Waals surface area contributed by atoms with Crippen molar-refractivity contribution in [2.24, 2.45) is 0 Å². The minimum absolute atomic E-state index is 0.238. The Morgan fingerprint density at radius 2 is 1.00 bits per heavy atom. The van der Waals surface area contributed by atoms with Crippen LogP contribution in [0.25, 0.3) is 0 Å². The van der Waals surface area contributed by atoms with E-state index in [2.05, 4.69) is 78.6 Å². The van der Waals surface area contributed by atoms with E-state index >= 15 is 0 Å². The van der Waals surface area contributed by atoms with Gasteiger partial charge in [0.25, 0.3) is 0 Å². The lowest BCUT2D eigenvalue weighted by Crippen LogP contribution is -2.66. The Morgan fingerprint density at radius 1 is 0.586 bits per heavy atom. The standard InChI is InChI=1S/C19H46O6Si4/c1-20-19-18(25-29(11,12)13)17(24-28(8,9)10)16(23-27(5,6)7)15(22-19)14-21-26(2,3)4/h15-19H,14H2,1-13H3/t15-,16+,17+,18?,19?/m1/s1. The van der Waals surface area contributed by atoms with Gasteiger partial charge in [-0.2, -0.15) is 0 Å². The van der Waals surface area contributed by atoms with Crippen molar-refractivity contribution in [2.45, 2.75) is 109 Å². The van der Waals surface area contributed by atoms with Crippen molar-refractivity contribution < 1.29 is 27.2 Å². The van der Waals surface area contributed by atoms with Gasteiger partial charge in [0, 0.05) is 7.11 Å². The molecule has 2 unspecified atom stereocenters. The molecule has 0 spiro atoms. The maximum Gasteiger partial charge on any atom is 0.185 e. The van der Waals surface area contributed by atoms with Gasteiger partial charge >= 0.3 is 0 Å². The van der Waals surface area contributed by atoms with E-state index in [-0.39, 0.29) is 24.4 Å². The van der Waals surface area contributed by atoms with Crippen molar-refractivity contribution in [2.75, 3.05) is 13.7 Å². The van der Waals surface area contributed by atoms with E-state index in [1.54, 1.807) is 7.11 Å². The predicted octanol–water partition coefficient (Wildman–Crippen LogP) is 4.87. The van der Waals surface area contributed by atoms with Crippen LogP contribution in [0.2, 0.25) is 78.6 Å². The fourth-order valence-electron chi connectivity index (χ4n) is 3.16. The first-order chi connectivity index (χ1) is 12.8. The first kappa shape index (κ1) is 27.7. The van der Waals surface area contributed by atoms with E-state index in [4.69, 9.17) is 27.2 Å². The lowest BCUT2D eigenvalue weighted by atomic mass is 9.99. The molecule has 0 amide bonds. The Balaban J connectivity index is 3.34. The molecule has 1 rings (SSSR count). The summed E-state index contributed by atoms with van der Waals surface area (Å²) in [5.74, 6) is 0. The van der Waals surface area contributed by atoms with Crippen molar-refractivity contribution >= 4 is 33.3 Å². The molecule has 0 bridgehead atoms. The van der Waals surface area contributed by atoms with Crippen LogP contribution in [0.4, 0.5) is 0 Å². The second kappa shape index (κ2) is 10.1. The largest absolute Gasteiger partial charge is 0.415 e. The first-order valence-electron chi connectivity index (χ1n) is 10.7. The molecule has 0 saturated carbocycles. The van der Waals surface area contributed by atoms with Gasteiger partial charge in [0.05, 0.1) is 6.61 Å². The summed E-state index contributed by atoms with van der Waals surface area (Å²) in [5, 5.41) is 0. The van der Waals surface area contributed by atoms with Crippen LogP contribution in [0.5, 0.6) is 0 Å². The summed E-state index contributed by atoms with van der Waals surface area (Å²) in [6.07, 6.45) is -1.55. The fraction of sp³-hybridized carbons (Fsp3) is 1.00. The molecule has 10 heteroatoms. The van der Waals surface area contributed by atoms with Gasteiger partial charge in [-0.25, -0.2) is 0 Å². The van der Waals surface area contributed by atoms with Crippen molar-refractivity contribution in [3.63, 3.8) is 0 Å². The summed E-state index contributed by atoms with van der Waals surface area (Å²) >= 11 is 0. The molecule has 1 heterocycles. The van der Waals surface area contributed by atoms with Gasteiger partial charge in [0.1, 0.15) is 24.4 Å². The third-order valence-corrected chi connectivity index (χ3v) is 7.94. The molecule has 0 radical (unpaired) electrons. The van der Waals surface area contributed by atoms with Gasteiger partial charge in [-0.15, -0.1) is 0 Å². The molecule has 0 aromatic heterocycles. The summed E-state index contributed by atoms with van der Waals surface area (Å²) in [4.78, 5) is 0. The summed E-state index contributed by atoms with van der Waals surface area (Å²) in [6, 6.07) is 0. The lowest BCUT2D eigenvalue weighted by molar-refractivity contribution is -0.283. The minimum atomic E-state index is -1.88. The summed E-state index contributed by atoms with van der Waals surface area (Å²) in [6.45, 7) is 26.8. The van der Waals surface area contributed by atoms with Gasteiger partial charge in [-0.05, 0) is 78.6 Å². The van der Waals surface area contributed by atoms with Crippen LogP contribution >= 0.6 is 0 Å². The van der Waals surface area contributed by atoms with Crippen molar-refractivity contribution in [1.82, 2.24) is 0 Å². The minimum Gasteiger partial charge on any atom is -0.415 e. The van der Waals surface area contributed by atoms with Crippen LogP contribution in [0, 0.1) is 0 Å². The van der Waals surface area contributed by atoms with E-state index in [1.165, 1.54) is 0 Å². The van der Waals surface area contributed by atoms with Gasteiger partial charge in [0.2, 0.25) is 0 Å². The second-order valence-electron chi connectivity index (χ2n) is 11.8. The van der Waals surface area contributed by atoms with Gasteiger partial charge in [0.15, 0.2) is 39.6 Å². The number of hydrogen-bond acceptors (Lipinski definition) is 6. The monoisotopic (exact) mass is 482 g/mol. The highest BCUT2D eigenvalue weighted by molar-refractivity contribution is 6.71. The highest BCUT2D eigenvalue weighted by Gasteiger charge is 2.51. The van der Waals surface area contributed by atoms with Crippen molar-refractivity contribution in [1.29, 1.82) is 0 Å². The Kier molecular flexibility index (Phi) is 9.59. The molecular weight excluding hydrogens is 437 g/mol. The van der Waals surface area contributed by atoms with Crippen LogP contribution in [0.15, 0.2) is 0 Å². The Hall–Kier alpha value is 0.628. The highest BCUT2D eigenvalue weighted by atomic mass is 28.4. The molecule has 0 N–H and O–H groups in total. The fourth-order valence-corrected chi connectivity index (χ4v) is 7.07. The Morgan fingerprint density at radius 3 is 1.38 bits per heavy atom. The molecule has 1 aliphatic rings. The Labute approximate surface area is 183 Å². The number of rotatable bonds is 10. The van der Waals surface area contributed by atoms with E-state index in [0.29, 0.717) is 6.61 Å². The molecule has 29 heavy (non-hydrogen) atoms. The van der Waals surface area contributed by atoms with E-state index in [0.717, 1.165) is 0 Å². The Bertz CT molecular complexity index is 507. The third-order valence-electron chi connectivity index (χ3n) is 3.97. The smallest absolute Gasteiger partial charge is 0.185 e. The summed E-state index contributed by atoms with van der Waals surface area (Å²) in [5.41, 5.74) is 0. The number of ether oxygens (including phenoxy) is 2. The summed E-state index contributed by atoms with van der Waals surface area (Å²) in [7, 11) is -5.66. The van der Waals surface area contributed by atoms with Crippen LogP contribution in [-0.4, -0.2) is 77.7 Å². The quantitative estimate of drug-likeness (QED) is 0.414. The molecule has 0 aromatic carbocycles. The zero-order valence-electron chi connectivity index (χ0n) is 21.0. The van der Waals surface area contributed by atoms with Crippen LogP contribution in [0.1, 0.15) is 0 Å². The van der Waals surface area contributed by atoms with Gasteiger partial charge in [-0.1, -0.05) is 0 Å². The van der Waals surface area contributed by atoms with Crippen LogP contribution in [0.3, 0.4) is 0 Å². The van der Waals surface area contributed by atoms with Crippen molar-refractivity contribution in [3.05, 3.63) is 0 Å². The predicted molar refractivity (Wildman–Crippen MR) is 130 cm³/mol. The molecule has 0 aromatic rings. The molecule has 1 aliphatic heterocycles. The topological polar surface area (TPSA) is 55.4 Å².